The van der Waals surface area contributed by atoms with Crippen molar-refractivity contribution in [3.8, 4) is 0 Å². The van der Waals surface area contributed by atoms with E-state index in [1.807, 2.05) is 25.3 Å². The molecule has 16 heavy (non-hydrogen) atoms. The smallest absolute Gasteiger partial charge is 0.0911 e. The molecule has 1 aromatic heterocycles. The van der Waals surface area contributed by atoms with Crippen molar-refractivity contribution in [3.05, 3.63) is 24.0 Å². The van der Waals surface area contributed by atoms with Crippen LogP contribution >= 0.6 is 0 Å². The molecule has 0 amide bonds. The van der Waals surface area contributed by atoms with Crippen molar-refractivity contribution in [3.63, 3.8) is 0 Å². The van der Waals surface area contributed by atoms with Crippen LogP contribution in [0.3, 0.4) is 0 Å². The van der Waals surface area contributed by atoms with Crippen molar-refractivity contribution < 1.29 is 9.84 Å². The van der Waals surface area contributed by atoms with Gasteiger partial charge in [0.2, 0.25) is 0 Å². The fraction of sp³-hybridized carbons (Fsp3) is 0.692. The van der Waals surface area contributed by atoms with Crippen molar-refractivity contribution >= 4 is 0 Å². The maximum Gasteiger partial charge on any atom is 0.0911 e. The maximum absolute atomic E-state index is 9.56. The van der Waals surface area contributed by atoms with Crippen LogP contribution in [-0.2, 0) is 11.3 Å². The molecule has 1 N–H and O–H groups in total. The molecule has 1 saturated heterocycles. The Kier molecular flexibility index (Phi) is 4.02. The zero-order valence-electron chi connectivity index (χ0n) is 9.93. The van der Waals surface area contributed by atoms with Crippen molar-refractivity contribution in [1.29, 1.82) is 0 Å². The molecule has 2 atom stereocenters. The number of hydrogen-bond acceptors (Lipinski definition) is 2. The predicted octanol–water partition coefficient (Wildman–Crippen LogP) is 2.50. The maximum atomic E-state index is 9.56. The molecule has 1 aromatic rings. The van der Waals surface area contributed by atoms with Crippen LogP contribution < -0.4 is 0 Å². The second-order valence-electron chi connectivity index (χ2n) is 4.58. The van der Waals surface area contributed by atoms with E-state index in [1.165, 1.54) is 12.8 Å². The Morgan fingerprint density at radius 2 is 2.50 bits per heavy atom. The number of aromatic nitrogens is 1. The van der Waals surface area contributed by atoms with E-state index in [2.05, 4.69) is 4.57 Å². The fourth-order valence-corrected chi connectivity index (χ4v) is 2.37. The highest BCUT2D eigenvalue weighted by Crippen LogP contribution is 2.18. The minimum atomic E-state index is -0.377. The van der Waals surface area contributed by atoms with Gasteiger partial charge in [-0.3, -0.25) is 0 Å². The average Bonchev–Trinajstić information content (AvgIpc) is 2.87. The Balaban J connectivity index is 1.78. The lowest BCUT2D eigenvalue weighted by Gasteiger charge is -2.13. The van der Waals surface area contributed by atoms with E-state index in [-0.39, 0.29) is 6.10 Å². The molecule has 2 heterocycles. The summed E-state index contributed by atoms with van der Waals surface area (Å²) in [7, 11) is 0. The Bertz CT molecular complexity index is 313. The highest BCUT2D eigenvalue weighted by atomic mass is 16.5. The molecule has 1 aliphatic rings. The monoisotopic (exact) mass is 223 g/mol. The van der Waals surface area contributed by atoms with Gasteiger partial charge in [-0.2, -0.15) is 0 Å². The minimum Gasteiger partial charge on any atom is -0.387 e. The van der Waals surface area contributed by atoms with Gasteiger partial charge in [0.05, 0.1) is 12.2 Å². The van der Waals surface area contributed by atoms with Crippen LogP contribution in [0.15, 0.2) is 18.3 Å². The number of aryl methyl sites for hydroxylation is 1. The van der Waals surface area contributed by atoms with E-state index in [0.717, 1.165) is 31.7 Å². The lowest BCUT2D eigenvalue weighted by Crippen LogP contribution is -2.09. The van der Waals surface area contributed by atoms with E-state index >= 15 is 0 Å². The van der Waals surface area contributed by atoms with Crippen LogP contribution in [0.4, 0.5) is 0 Å². The third-order valence-electron chi connectivity index (χ3n) is 3.24. The number of aliphatic hydroxyl groups is 1. The SMILES string of the molecule is CC(O)c1cccn1CCCC1CCCO1. The molecule has 2 rings (SSSR count). The van der Waals surface area contributed by atoms with Gasteiger partial charge in [0.25, 0.3) is 0 Å². The molecular formula is C13H21NO2. The molecule has 0 radical (unpaired) electrons. The minimum absolute atomic E-state index is 0.377. The summed E-state index contributed by atoms with van der Waals surface area (Å²) in [4.78, 5) is 0. The second kappa shape index (κ2) is 5.51. The molecular weight excluding hydrogens is 202 g/mol. The van der Waals surface area contributed by atoms with Crippen LogP contribution in [0.25, 0.3) is 0 Å². The Labute approximate surface area is 97.0 Å². The first kappa shape index (κ1) is 11.7. The quantitative estimate of drug-likeness (QED) is 0.832. The van der Waals surface area contributed by atoms with Gasteiger partial charge in [-0.1, -0.05) is 0 Å². The largest absolute Gasteiger partial charge is 0.387 e. The predicted molar refractivity (Wildman–Crippen MR) is 63.3 cm³/mol. The normalized spacial score (nSPS) is 22.5. The second-order valence-corrected chi connectivity index (χ2v) is 4.58. The van der Waals surface area contributed by atoms with Gasteiger partial charge in [-0.05, 0) is 44.7 Å². The van der Waals surface area contributed by atoms with Crippen LogP contribution in [0.5, 0.6) is 0 Å². The third kappa shape index (κ3) is 2.86. The fourth-order valence-electron chi connectivity index (χ4n) is 2.37. The Morgan fingerprint density at radius 3 is 3.19 bits per heavy atom. The summed E-state index contributed by atoms with van der Waals surface area (Å²) in [6.45, 7) is 3.73. The number of aliphatic hydroxyl groups excluding tert-OH is 1. The Morgan fingerprint density at radius 1 is 1.62 bits per heavy atom. The molecule has 0 aliphatic carbocycles. The van der Waals surface area contributed by atoms with Crippen LogP contribution in [0, 0.1) is 0 Å². The highest BCUT2D eigenvalue weighted by Gasteiger charge is 2.15. The molecule has 1 fully saturated rings. The van der Waals surface area contributed by atoms with Gasteiger partial charge in [-0.15, -0.1) is 0 Å². The van der Waals surface area contributed by atoms with Crippen molar-refractivity contribution in [2.75, 3.05) is 6.61 Å². The number of rotatable bonds is 5. The molecule has 3 nitrogen and oxygen atoms in total. The average molecular weight is 223 g/mol. The van der Waals surface area contributed by atoms with Gasteiger partial charge < -0.3 is 14.4 Å². The molecule has 3 heteroatoms. The third-order valence-corrected chi connectivity index (χ3v) is 3.24. The zero-order chi connectivity index (χ0) is 11.4. The van der Waals surface area contributed by atoms with E-state index in [1.54, 1.807) is 0 Å². The van der Waals surface area contributed by atoms with Crippen LogP contribution in [0.2, 0.25) is 0 Å². The summed E-state index contributed by atoms with van der Waals surface area (Å²) in [5, 5.41) is 9.56. The Hall–Kier alpha value is -0.800. The summed E-state index contributed by atoms with van der Waals surface area (Å²) >= 11 is 0. The highest BCUT2D eigenvalue weighted by molar-refractivity contribution is 5.09. The first-order chi connectivity index (χ1) is 7.77. The van der Waals surface area contributed by atoms with Gasteiger partial charge in [0.1, 0.15) is 0 Å². The summed E-state index contributed by atoms with van der Waals surface area (Å²) in [5.74, 6) is 0. The first-order valence-corrected chi connectivity index (χ1v) is 6.22. The van der Waals surface area contributed by atoms with E-state index < -0.39 is 0 Å². The van der Waals surface area contributed by atoms with Crippen LogP contribution in [0.1, 0.15) is 44.4 Å². The summed E-state index contributed by atoms with van der Waals surface area (Å²) in [5.41, 5.74) is 1.01. The lowest BCUT2D eigenvalue weighted by atomic mass is 10.1. The lowest BCUT2D eigenvalue weighted by molar-refractivity contribution is 0.101. The van der Waals surface area contributed by atoms with Crippen molar-refractivity contribution in [2.24, 2.45) is 0 Å². The standard InChI is InChI=1S/C13H21NO2/c1-11(15)13-7-3-9-14(13)8-2-5-12-6-4-10-16-12/h3,7,9,11-12,15H,2,4-6,8,10H2,1H3. The van der Waals surface area contributed by atoms with E-state index in [0.29, 0.717) is 6.10 Å². The van der Waals surface area contributed by atoms with E-state index in [4.69, 9.17) is 4.74 Å². The topological polar surface area (TPSA) is 34.4 Å². The number of ether oxygens (including phenoxy) is 1. The van der Waals surface area contributed by atoms with Crippen LogP contribution in [-0.4, -0.2) is 22.4 Å². The van der Waals surface area contributed by atoms with E-state index in [9.17, 15) is 5.11 Å². The first-order valence-electron chi connectivity index (χ1n) is 6.22. The summed E-state index contributed by atoms with van der Waals surface area (Å²) in [6, 6.07) is 3.98. The van der Waals surface area contributed by atoms with Crippen molar-refractivity contribution in [1.82, 2.24) is 4.57 Å². The number of nitrogens with zero attached hydrogens (tertiary/aromatic N) is 1. The van der Waals surface area contributed by atoms with Gasteiger partial charge in [0.15, 0.2) is 0 Å². The molecule has 0 bridgehead atoms. The molecule has 0 aromatic carbocycles. The van der Waals surface area contributed by atoms with Gasteiger partial charge in [-0.25, -0.2) is 0 Å². The summed E-state index contributed by atoms with van der Waals surface area (Å²) in [6.07, 6.45) is 6.83. The van der Waals surface area contributed by atoms with Gasteiger partial charge >= 0.3 is 0 Å². The number of hydrogen-bond donors (Lipinski definition) is 1. The molecule has 1 aliphatic heterocycles. The van der Waals surface area contributed by atoms with Crippen molar-refractivity contribution in [2.45, 2.75) is 51.4 Å². The summed E-state index contributed by atoms with van der Waals surface area (Å²) < 4.78 is 7.73. The molecule has 0 spiro atoms. The molecule has 90 valence electrons. The molecule has 0 saturated carbocycles. The van der Waals surface area contributed by atoms with Gasteiger partial charge in [0, 0.05) is 25.0 Å². The molecule has 2 unspecified atom stereocenters. The zero-order valence-corrected chi connectivity index (χ0v) is 9.93.